The lowest BCUT2D eigenvalue weighted by Crippen LogP contribution is -1.82. The minimum atomic E-state index is -0.422. The lowest BCUT2D eigenvalue weighted by Gasteiger charge is -1.93. The van der Waals surface area contributed by atoms with Crippen LogP contribution in [0.3, 0.4) is 0 Å². The number of aliphatic hydroxyl groups excluding tert-OH is 1. The van der Waals surface area contributed by atoms with Gasteiger partial charge in [0.1, 0.15) is 5.83 Å². The highest BCUT2D eigenvalue weighted by molar-refractivity contribution is 7.16. The van der Waals surface area contributed by atoms with Gasteiger partial charge < -0.3 is 5.11 Å². The van der Waals surface area contributed by atoms with Crippen LogP contribution in [-0.4, -0.2) is 21.7 Å². The molecule has 0 saturated heterocycles. The van der Waals surface area contributed by atoms with Crippen LogP contribution in [0.4, 0.5) is 4.39 Å². The van der Waals surface area contributed by atoms with Gasteiger partial charge in [0.2, 0.25) is 0 Å². The van der Waals surface area contributed by atoms with Gasteiger partial charge in [0.15, 0.2) is 5.82 Å². The summed E-state index contributed by atoms with van der Waals surface area (Å²) in [5, 5.41) is 8.59. The van der Waals surface area contributed by atoms with Crippen LogP contribution < -0.4 is 0 Å². The van der Waals surface area contributed by atoms with E-state index < -0.39 is 5.83 Å². The molecule has 0 fully saturated rings. The highest BCUT2D eigenvalue weighted by atomic mass is 32.1. The third-order valence-electron chi connectivity index (χ3n) is 1.90. The van der Waals surface area contributed by atoms with E-state index in [2.05, 4.69) is 9.97 Å². The predicted octanol–water partition coefficient (Wildman–Crippen LogP) is 2.51. The van der Waals surface area contributed by atoms with Crippen LogP contribution in [0.2, 0.25) is 0 Å². The molecular formula is C11H9FN2OS. The molecule has 3 nitrogen and oxygen atoms in total. The van der Waals surface area contributed by atoms with Gasteiger partial charge in [-0.15, -0.1) is 11.3 Å². The standard InChI is InChI=1S/C11H9FN2OS/c12-8(4-7-15)9-2-3-10(16-9)11-13-5-1-6-14-11/h1-6,15H,7H2. The van der Waals surface area contributed by atoms with Gasteiger partial charge in [0.25, 0.3) is 0 Å². The van der Waals surface area contributed by atoms with Crippen molar-refractivity contribution in [3.05, 3.63) is 41.5 Å². The van der Waals surface area contributed by atoms with Gasteiger partial charge in [0.05, 0.1) is 16.4 Å². The Labute approximate surface area is 95.9 Å². The number of rotatable bonds is 3. The molecule has 2 rings (SSSR count). The minimum Gasteiger partial charge on any atom is -0.392 e. The zero-order valence-electron chi connectivity index (χ0n) is 8.30. The van der Waals surface area contributed by atoms with Crippen molar-refractivity contribution in [1.29, 1.82) is 0 Å². The topological polar surface area (TPSA) is 46.0 Å². The molecule has 2 aromatic heterocycles. The van der Waals surface area contributed by atoms with Crippen molar-refractivity contribution in [1.82, 2.24) is 9.97 Å². The first kappa shape index (κ1) is 10.9. The first-order valence-corrected chi connectivity index (χ1v) is 5.47. The Hall–Kier alpha value is -1.59. The van der Waals surface area contributed by atoms with E-state index in [1.54, 1.807) is 30.6 Å². The summed E-state index contributed by atoms with van der Waals surface area (Å²) >= 11 is 1.25. The van der Waals surface area contributed by atoms with Crippen LogP contribution in [0.5, 0.6) is 0 Å². The third-order valence-corrected chi connectivity index (χ3v) is 2.99. The molecule has 0 saturated carbocycles. The van der Waals surface area contributed by atoms with Crippen molar-refractivity contribution in [2.45, 2.75) is 0 Å². The molecule has 0 unspecified atom stereocenters. The molecule has 0 aliphatic rings. The number of nitrogens with zero attached hydrogens (tertiary/aromatic N) is 2. The molecule has 82 valence electrons. The predicted molar refractivity (Wildman–Crippen MR) is 61.5 cm³/mol. The first-order valence-electron chi connectivity index (χ1n) is 4.65. The lowest BCUT2D eigenvalue weighted by molar-refractivity contribution is 0.342. The molecule has 2 heterocycles. The second-order valence-electron chi connectivity index (χ2n) is 2.97. The average Bonchev–Trinajstić information content (AvgIpc) is 2.80. The summed E-state index contributed by atoms with van der Waals surface area (Å²) in [5.41, 5.74) is 0. The fourth-order valence-electron chi connectivity index (χ4n) is 1.19. The monoisotopic (exact) mass is 236 g/mol. The molecule has 0 aliphatic carbocycles. The third kappa shape index (κ3) is 2.32. The second kappa shape index (κ2) is 4.96. The molecule has 5 heteroatoms. The highest BCUT2D eigenvalue weighted by Crippen LogP contribution is 2.30. The number of aliphatic hydroxyl groups is 1. The summed E-state index contributed by atoms with van der Waals surface area (Å²) in [6.07, 6.45) is 4.41. The van der Waals surface area contributed by atoms with Crippen molar-refractivity contribution in [3.8, 4) is 10.7 Å². The molecule has 0 atom stereocenters. The maximum atomic E-state index is 13.3. The molecule has 0 radical (unpaired) electrons. The number of hydrogen-bond donors (Lipinski definition) is 1. The molecule has 2 aromatic rings. The Balaban J connectivity index is 2.30. The van der Waals surface area contributed by atoms with Crippen molar-refractivity contribution in [2.75, 3.05) is 6.61 Å². The Morgan fingerprint density at radius 1 is 1.38 bits per heavy atom. The molecule has 0 bridgehead atoms. The fraction of sp³-hybridized carbons (Fsp3) is 0.0909. The number of halogens is 1. The Morgan fingerprint density at radius 2 is 2.12 bits per heavy atom. The maximum Gasteiger partial charge on any atom is 0.169 e. The quantitative estimate of drug-likeness (QED) is 0.890. The lowest BCUT2D eigenvalue weighted by atomic mass is 10.3. The Morgan fingerprint density at radius 3 is 2.81 bits per heavy atom. The number of aromatic nitrogens is 2. The van der Waals surface area contributed by atoms with Crippen molar-refractivity contribution in [3.63, 3.8) is 0 Å². The van der Waals surface area contributed by atoms with Gasteiger partial charge in [-0.25, -0.2) is 14.4 Å². The van der Waals surface area contributed by atoms with Gasteiger partial charge in [0, 0.05) is 12.4 Å². The number of thiophene rings is 1. The van der Waals surface area contributed by atoms with Gasteiger partial charge in [-0.05, 0) is 24.3 Å². The summed E-state index contributed by atoms with van der Waals surface area (Å²) in [4.78, 5) is 9.42. The van der Waals surface area contributed by atoms with Gasteiger partial charge in [-0.1, -0.05) is 0 Å². The Kier molecular flexibility index (Phi) is 3.38. The summed E-state index contributed by atoms with van der Waals surface area (Å²) in [6.45, 7) is -0.305. The maximum absolute atomic E-state index is 13.3. The molecule has 0 amide bonds. The van der Waals surface area contributed by atoms with Gasteiger partial charge in [-0.2, -0.15) is 0 Å². The summed E-state index contributed by atoms with van der Waals surface area (Å²) < 4.78 is 13.3. The zero-order valence-corrected chi connectivity index (χ0v) is 9.12. The van der Waals surface area contributed by atoms with Crippen molar-refractivity contribution >= 4 is 17.2 Å². The summed E-state index contributed by atoms with van der Waals surface area (Å²) in [5.74, 6) is 0.158. The van der Waals surface area contributed by atoms with Gasteiger partial charge >= 0.3 is 0 Å². The normalized spacial score (nSPS) is 11.8. The second-order valence-corrected chi connectivity index (χ2v) is 4.05. The van der Waals surface area contributed by atoms with Crippen LogP contribution >= 0.6 is 11.3 Å². The summed E-state index contributed by atoms with van der Waals surface area (Å²) in [6, 6.07) is 5.14. The van der Waals surface area contributed by atoms with E-state index in [0.717, 1.165) is 11.0 Å². The Bertz CT molecular complexity index is 496. The average molecular weight is 236 g/mol. The van der Waals surface area contributed by atoms with Crippen LogP contribution in [-0.2, 0) is 0 Å². The minimum absolute atomic E-state index is 0.305. The molecule has 0 aromatic carbocycles. The van der Waals surface area contributed by atoms with Crippen LogP contribution in [0, 0.1) is 0 Å². The number of hydrogen-bond acceptors (Lipinski definition) is 4. The first-order chi connectivity index (χ1) is 7.81. The molecule has 16 heavy (non-hydrogen) atoms. The molecule has 0 spiro atoms. The van der Waals surface area contributed by atoms with E-state index in [1.165, 1.54) is 11.3 Å². The van der Waals surface area contributed by atoms with E-state index >= 15 is 0 Å². The molecule has 0 aliphatic heterocycles. The smallest absolute Gasteiger partial charge is 0.169 e. The summed E-state index contributed by atoms with van der Waals surface area (Å²) in [7, 11) is 0. The molecule has 1 N–H and O–H groups in total. The van der Waals surface area contributed by atoms with Crippen LogP contribution in [0.25, 0.3) is 16.5 Å². The van der Waals surface area contributed by atoms with Gasteiger partial charge in [-0.3, -0.25) is 0 Å². The fourth-order valence-corrected chi connectivity index (χ4v) is 2.08. The van der Waals surface area contributed by atoms with E-state index in [4.69, 9.17) is 5.11 Å². The van der Waals surface area contributed by atoms with Crippen LogP contribution in [0.15, 0.2) is 36.7 Å². The highest BCUT2D eigenvalue weighted by Gasteiger charge is 2.07. The van der Waals surface area contributed by atoms with Crippen molar-refractivity contribution in [2.24, 2.45) is 0 Å². The van der Waals surface area contributed by atoms with E-state index in [9.17, 15) is 4.39 Å². The van der Waals surface area contributed by atoms with E-state index in [1.807, 2.05) is 0 Å². The van der Waals surface area contributed by atoms with E-state index in [0.29, 0.717) is 10.7 Å². The zero-order chi connectivity index (χ0) is 11.4. The molecular weight excluding hydrogens is 227 g/mol. The van der Waals surface area contributed by atoms with Crippen LogP contribution in [0.1, 0.15) is 4.88 Å². The van der Waals surface area contributed by atoms with Crippen molar-refractivity contribution < 1.29 is 9.50 Å². The SMILES string of the molecule is OCC=C(F)c1ccc(-c2ncccn2)s1. The largest absolute Gasteiger partial charge is 0.392 e. The van der Waals surface area contributed by atoms with E-state index in [-0.39, 0.29) is 6.61 Å².